The van der Waals surface area contributed by atoms with Crippen molar-refractivity contribution in [1.82, 2.24) is 4.57 Å². The van der Waals surface area contributed by atoms with Crippen molar-refractivity contribution < 1.29 is 23.8 Å². The van der Waals surface area contributed by atoms with Crippen LogP contribution in [0.2, 0.25) is 0 Å². The van der Waals surface area contributed by atoms with Gasteiger partial charge in [-0.15, -0.1) is 0 Å². The summed E-state index contributed by atoms with van der Waals surface area (Å²) in [4.78, 5) is 26.0. The molecular formula is C25H28FNO4. The number of aryl methyl sites for hydroxylation is 1. The average molecular weight is 426 g/mol. The van der Waals surface area contributed by atoms with Crippen LogP contribution in [-0.2, 0) is 9.53 Å². The lowest BCUT2D eigenvalue weighted by Gasteiger charge is -2.58. The largest absolute Gasteiger partial charge is 0.457 e. The molecular weight excluding hydrogens is 397 g/mol. The summed E-state index contributed by atoms with van der Waals surface area (Å²) in [7, 11) is 0. The molecule has 0 saturated heterocycles. The van der Waals surface area contributed by atoms with Gasteiger partial charge in [0.05, 0.1) is 11.0 Å². The minimum Gasteiger partial charge on any atom is -0.457 e. The molecule has 4 fully saturated rings. The Labute approximate surface area is 181 Å². The van der Waals surface area contributed by atoms with Gasteiger partial charge >= 0.3 is 5.97 Å². The fourth-order valence-electron chi connectivity index (χ4n) is 6.85. The second kappa shape index (κ2) is 7.02. The molecule has 4 bridgehead atoms. The first kappa shape index (κ1) is 20.4. The van der Waals surface area contributed by atoms with Crippen LogP contribution in [0.4, 0.5) is 4.39 Å². The van der Waals surface area contributed by atoms with Crippen molar-refractivity contribution in [2.24, 2.45) is 17.3 Å². The van der Waals surface area contributed by atoms with Gasteiger partial charge in [-0.2, -0.15) is 0 Å². The Morgan fingerprint density at radius 2 is 1.77 bits per heavy atom. The smallest absolute Gasteiger partial charge is 0.312 e. The first-order chi connectivity index (χ1) is 14.7. The molecule has 2 unspecified atom stereocenters. The van der Waals surface area contributed by atoms with Crippen molar-refractivity contribution in [3.8, 4) is 5.69 Å². The van der Waals surface area contributed by atoms with Crippen LogP contribution in [0.1, 0.15) is 60.3 Å². The Morgan fingerprint density at radius 3 is 2.39 bits per heavy atom. The summed E-state index contributed by atoms with van der Waals surface area (Å²) in [6.07, 6.45) is 4.64. The van der Waals surface area contributed by atoms with Crippen molar-refractivity contribution in [2.45, 2.75) is 58.0 Å². The SMILES string of the molecule is Cc1cc(C(=O)COC(=O)C23CC4CC(CC(O)(C4)C2)C3)c(C)n1-c1ccc(F)cc1. The van der Waals surface area contributed by atoms with Crippen LogP contribution < -0.4 is 0 Å². The number of aliphatic hydroxyl groups is 1. The quantitative estimate of drug-likeness (QED) is 0.573. The van der Waals surface area contributed by atoms with Crippen LogP contribution in [0.5, 0.6) is 0 Å². The van der Waals surface area contributed by atoms with Gasteiger partial charge in [0.1, 0.15) is 5.82 Å². The van der Waals surface area contributed by atoms with Crippen molar-refractivity contribution in [2.75, 3.05) is 6.61 Å². The van der Waals surface area contributed by atoms with Crippen LogP contribution in [0, 0.1) is 36.9 Å². The molecule has 0 radical (unpaired) electrons. The summed E-state index contributed by atoms with van der Waals surface area (Å²) in [6.45, 7) is 3.41. The van der Waals surface area contributed by atoms with Crippen molar-refractivity contribution in [3.05, 3.63) is 53.1 Å². The van der Waals surface area contributed by atoms with E-state index in [0.717, 1.165) is 49.2 Å². The number of nitrogens with zero attached hydrogens (tertiary/aromatic N) is 1. The van der Waals surface area contributed by atoms with Crippen molar-refractivity contribution in [1.29, 1.82) is 0 Å². The third-order valence-electron chi connectivity index (χ3n) is 7.61. The number of hydrogen-bond acceptors (Lipinski definition) is 4. The molecule has 1 N–H and O–H groups in total. The molecule has 1 aromatic heterocycles. The number of aromatic nitrogens is 1. The van der Waals surface area contributed by atoms with Crippen molar-refractivity contribution in [3.63, 3.8) is 0 Å². The fraction of sp³-hybridized carbons (Fsp3) is 0.520. The normalized spacial score (nSPS) is 31.1. The molecule has 2 atom stereocenters. The zero-order chi connectivity index (χ0) is 22.0. The first-order valence-electron chi connectivity index (χ1n) is 11.1. The zero-order valence-electron chi connectivity index (χ0n) is 18.0. The Kier molecular flexibility index (Phi) is 4.63. The average Bonchev–Trinajstić information content (AvgIpc) is 2.99. The van der Waals surface area contributed by atoms with Gasteiger partial charge in [0.15, 0.2) is 6.61 Å². The fourth-order valence-corrected chi connectivity index (χ4v) is 6.85. The van der Waals surface area contributed by atoms with E-state index in [0.29, 0.717) is 23.8 Å². The predicted octanol–water partition coefficient (Wildman–Crippen LogP) is 4.29. The number of ether oxygens (including phenoxy) is 1. The number of esters is 1. The second-order valence-corrected chi connectivity index (χ2v) is 10.1. The highest BCUT2D eigenvalue weighted by atomic mass is 19.1. The van der Waals surface area contributed by atoms with E-state index in [1.165, 1.54) is 12.1 Å². The number of benzene rings is 1. The molecule has 31 heavy (non-hydrogen) atoms. The van der Waals surface area contributed by atoms with Crippen LogP contribution in [-0.4, -0.2) is 33.6 Å². The number of rotatable bonds is 5. The molecule has 1 heterocycles. The molecule has 0 amide bonds. The van der Waals surface area contributed by atoms with E-state index in [4.69, 9.17) is 4.74 Å². The Bertz CT molecular complexity index is 1040. The van der Waals surface area contributed by atoms with E-state index in [1.54, 1.807) is 18.2 Å². The molecule has 6 heteroatoms. The minimum absolute atomic E-state index is 0.252. The van der Waals surface area contributed by atoms with Crippen LogP contribution >= 0.6 is 0 Å². The maximum Gasteiger partial charge on any atom is 0.312 e. The van der Waals surface area contributed by atoms with E-state index in [1.807, 2.05) is 18.4 Å². The van der Waals surface area contributed by atoms with E-state index in [2.05, 4.69) is 0 Å². The predicted molar refractivity (Wildman–Crippen MR) is 113 cm³/mol. The van der Waals surface area contributed by atoms with Crippen molar-refractivity contribution >= 4 is 11.8 Å². The number of ketones is 1. The number of carbonyl (C=O) groups excluding carboxylic acids is 2. The lowest BCUT2D eigenvalue weighted by Crippen LogP contribution is -2.58. The monoisotopic (exact) mass is 425 g/mol. The minimum atomic E-state index is -0.743. The summed E-state index contributed by atoms with van der Waals surface area (Å²) in [5.41, 5.74) is 1.47. The second-order valence-electron chi connectivity index (χ2n) is 10.1. The third kappa shape index (κ3) is 3.41. The number of hydrogen-bond donors (Lipinski definition) is 1. The topological polar surface area (TPSA) is 68.5 Å². The summed E-state index contributed by atoms with van der Waals surface area (Å²) >= 11 is 0. The standard InChI is InChI=1S/C25H28FNO4/c1-15-7-21(16(2)27(15)20-5-3-19(26)4-6-20)22(28)13-31-23(29)24-9-17-8-18(10-24)12-25(30,11-17)14-24/h3-7,17-18,30H,8-14H2,1-2H3. The van der Waals surface area contributed by atoms with E-state index < -0.39 is 11.0 Å². The van der Waals surface area contributed by atoms with Crippen LogP contribution in [0.25, 0.3) is 5.69 Å². The lowest BCUT2D eigenvalue weighted by atomic mass is 9.48. The Balaban J connectivity index is 1.31. The van der Waals surface area contributed by atoms with Gasteiger partial charge in [0.2, 0.25) is 5.78 Å². The van der Waals surface area contributed by atoms with Gasteiger partial charge in [-0.3, -0.25) is 9.59 Å². The molecule has 6 rings (SSSR count). The number of halogens is 1. The molecule has 0 spiro atoms. The maximum atomic E-state index is 13.3. The molecule has 4 aliphatic carbocycles. The number of Topliss-reactive ketones (excluding diaryl/α,β-unsaturated/α-hetero) is 1. The lowest BCUT2D eigenvalue weighted by molar-refractivity contribution is -0.195. The maximum absolute atomic E-state index is 13.3. The van der Waals surface area contributed by atoms with Gasteiger partial charge in [0.25, 0.3) is 0 Å². The molecule has 1 aromatic carbocycles. The van der Waals surface area contributed by atoms with Gasteiger partial charge in [-0.25, -0.2) is 4.39 Å². The number of carbonyl (C=O) groups is 2. The van der Waals surface area contributed by atoms with E-state index >= 15 is 0 Å². The zero-order valence-corrected chi connectivity index (χ0v) is 18.0. The highest BCUT2D eigenvalue weighted by Crippen LogP contribution is 2.62. The summed E-state index contributed by atoms with van der Waals surface area (Å²) in [5.74, 6) is -0.143. The van der Waals surface area contributed by atoms with Crippen LogP contribution in [0.3, 0.4) is 0 Å². The van der Waals surface area contributed by atoms with Crippen LogP contribution in [0.15, 0.2) is 30.3 Å². The van der Waals surface area contributed by atoms with Gasteiger partial charge < -0.3 is 14.4 Å². The first-order valence-corrected chi connectivity index (χ1v) is 11.1. The molecule has 2 aromatic rings. The molecule has 4 saturated carbocycles. The van der Waals surface area contributed by atoms with Gasteiger partial charge in [0, 0.05) is 22.6 Å². The molecule has 0 aliphatic heterocycles. The molecule has 4 aliphatic rings. The summed E-state index contributed by atoms with van der Waals surface area (Å²) < 4.78 is 20.7. The highest BCUT2D eigenvalue weighted by Gasteiger charge is 2.60. The highest BCUT2D eigenvalue weighted by molar-refractivity contribution is 5.99. The van der Waals surface area contributed by atoms with Gasteiger partial charge in [-0.05, 0) is 94.5 Å². The summed E-state index contributed by atoms with van der Waals surface area (Å²) in [5, 5.41) is 10.9. The third-order valence-corrected chi connectivity index (χ3v) is 7.61. The Hall–Kier alpha value is -2.47. The van der Waals surface area contributed by atoms with E-state index in [-0.39, 0.29) is 24.2 Å². The Morgan fingerprint density at radius 1 is 1.13 bits per heavy atom. The van der Waals surface area contributed by atoms with Gasteiger partial charge in [-0.1, -0.05) is 0 Å². The molecule has 5 nitrogen and oxygen atoms in total. The van der Waals surface area contributed by atoms with E-state index in [9.17, 15) is 19.1 Å². The molecule has 164 valence electrons. The summed E-state index contributed by atoms with van der Waals surface area (Å²) in [6, 6.07) is 7.89.